The molecule has 2 N–H and O–H groups in total. The van der Waals surface area contributed by atoms with E-state index in [9.17, 15) is 0 Å². The molecule has 2 aliphatic heterocycles. The molecule has 0 spiro atoms. The maximum Gasteiger partial charge on any atom is 0.0737 e. The third kappa shape index (κ3) is 4.48. The van der Waals surface area contributed by atoms with Crippen molar-refractivity contribution in [3.8, 4) is 34.6 Å². The minimum atomic E-state index is 0.848. The summed E-state index contributed by atoms with van der Waals surface area (Å²) in [5.41, 5.74) is 16.5. The molecule has 0 radical (unpaired) electrons. The van der Waals surface area contributed by atoms with Gasteiger partial charge in [0, 0.05) is 38.8 Å². The minimum Gasteiger partial charge on any atom is -0.355 e. The number of nitrogens with zero attached hydrogens (tertiary/aromatic N) is 2. The average molecular weight is 529 g/mol. The van der Waals surface area contributed by atoms with Gasteiger partial charge in [0.1, 0.15) is 0 Å². The van der Waals surface area contributed by atoms with Crippen LogP contribution in [0.25, 0.3) is 68.6 Å². The van der Waals surface area contributed by atoms with Crippen molar-refractivity contribution >= 4 is 46.4 Å². The predicted molar refractivity (Wildman–Crippen MR) is 172 cm³/mol. The van der Waals surface area contributed by atoms with Gasteiger partial charge in [-0.15, -0.1) is 6.42 Å². The minimum absolute atomic E-state index is 0.848. The van der Waals surface area contributed by atoms with E-state index in [2.05, 4.69) is 122 Å². The molecule has 0 unspecified atom stereocenters. The Balaban J connectivity index is 1.56. The smallest absolute Gasteiger partial charge is 0.0737 e. The van der Waals surface area contributed by atoms with E-state index in [0.717, 1.165) is 67.1 Å². The number of hydrogen-bond donors (Lipinski definition) is 2. The number of aromatic nitrogens is 4. The average Bonchev–Trinajstić information content (AvgIpc) is 3.76. The zero-order chi connectivity index (χ0) is 28.1. The Morgan fingerprint density at radius 1 is 0.585 bits per heavy atom. The molecule has 8 bridgehead atoms. The zero-order valence-electron chi connectivity index (χ0n) is 23.2. The molecule has 0 fully saturated rings. The Morgan fingerprint density at radius 2 is 1.12 bits per heavy atom. The van der Waals surface area contributed by atoms with E-state index >= 15 is 0 Å². The first-order valence-electron chi connectivity index (χ1n) is 13.7. The van der Waals surface area contributed by atoms with Crippen molar-refractivity contribution in [2.75, 3.05) is 0 Å². The fraction of sp³-hybridized carbons (Fsp3) is 0.0811. The van der Waals surface area contributed by atoms with Crippen molar-refractivity contribution in [2.45, 2.75) is 20.8 Å². The van der Waals surface area contributed by atoms with Crippen molar-refractivity contribution in [1.82, 2.24) is 19.9 Å². The summed E-state index contributed by atoms with van der Waals surface area (Å²) in [4.78, 5) is 17.4. The van der Waals surface area contributed by atoms with E-state index in [1.165, 1.54) is 22.3 Å². The number of fused-ring (bicyclic) bond motifs is 8. The van der Waals surface area contributed by atoms with Crippen LogP contribution < -0.4 is 0 Å². The molecule has 4 heteroatoms. The molecule has 196 valence electrons. The molecule has 7 rings (SSSR count). The lowest BCUT2D eigenvalue weighted by molar-refractivity contribution is 1.28. The quantitative estimate of drug-likeness (QED) is 0.220. The fourth-order valence-corrected chi connectivity index (χ4v) is 5.95. The monoisotopic (exact) mass is 528 g/mol. The second-order valence-corrected chi connectivity index (χ2v) is 10.7. The van der Waals surface area contributed by atoms with Crippen LogP contribution in [-0.4, -0.2) is 19.9 Å². The molecule has 2 aromatic carbocycles. The number of hydrogen-bond acceptors (Lipinski definition) is 2. The Morgan fingerprint density at radius 3 is 1.68 bits per heavy atom. The summed E-state index contributed by atoms with van der Waals surface area (Å²) in [7, 11) is 0. The van der Waals surface area contributed by atoms with Crippen molar-refractivity contribution in [3.63, 3.8) is 0 Å². The van der Waals surface area contributed by atoms with Crippen LogP contribution in [-0.2, 0) is 0 Å². The highest BCUT2D eigenvalue weighted by molar-refractivity contribution is 5.94. The lowest BCUT2D eigenvalue weighted by Gasteiger charge is -2.13. The van der Waals surface area contributed by atoms with Crippen LogP contribution in [0.1, 0.15) is 45.0 Å². The summed E-state index contributed by atoms with van der Waals surface area (Å²) in [5, 5.41) is 0. The molecule has 0 atom stereocenters. The van der Waals surface area contributed by atoms with Gasteiger partial charge in [-0.25, -0.2) is 9.97 Å². The number of H-pyrrole nitrogens is 2. The predicted octanol–water partition coefficient (Wildman–Crippen LogP) is 8.90. The molecule has 3 aromatic heterocycles. The topological polar surface area (TPSA) is 57.4 Å². The van der Waals surface area contributed by atoms with Gasteiger partial charge in [0.2, 0.25) is 0 Å². The van der Waals surface area contributed by atoms with Crippen LogP contribution in [0.15, 0.2) is 72.8 Å². The maximum atomic E-state index is 5.62. The second-order valence-electron chi connectivity index (χ2n) is 10.7. The highest BCUT2D eigenvalue weighted by atomic mass is 14.8. The molecule has 5 aromatic rings. The van der Waals surface area contributed by atoms with Crippen LogP contribution in [0.4, 0.5) is 0 Å². The van der Waals surface area contributed by atoms with Gasteiger partial charge in [0.25, 0.3) is 0 Å². The van der Waals surface area contributed by atoms with Gasteiger partial charge in [0.05, 0.1) is 22.8 Å². The van der Waals surface area contributed by atoms with Crippen molar-refractivity contribution < 1.29 is 0 Å². The summed E-state index contributed by atoms with van der Waals surface area (Å²) in [5.74, 6) is 2.71. The van der Waals surface area contributed by atoms with Crippen LogP contribution in [0.5, 0.6) is 0 Å². The molecule has 4 nitrogen and oxygen atoms in total. The first-order chi connectivity index (χ1) is 19.9. The highest BCUT2D eigenvalue weighted by Crippen LogP contribution is 2.35. The molecule has 41 heavy (non-hydrogen) atoms. The van der Waals surface area contributed by atoms with Crippen LogP contribution in [0.2, 0.25) is 0 Å². The number of aromatic amines is 2. The number of nitrogens with one attached hydrogen (secondary N) is 2. The Labute approximate surface area is 239 Å². The summed E-state index contributed by atoms with van der Waals surface area (Å²) >= 11 is 0. The van der Waals surface area contributed by atoms with Gasteiger partial charge in [-0.1, -0.05) is 35.7 Å². The van der Waals surface area contributed by atoms with Gasteiger partial charge in [0.15, 0.2) is 0 Å². The van der Waals surface area contributed by atoms with Crippen molar-refractivity contribution in [1.29, 1.82) is 0 Å². The Bertz CT molecular complexity index is 2100. The number of terminal acetylenes is 1. The van der Waals surface area contributed by atoms with Gasteiger partial charge in [-0.3, -0.25) is 0 Å². The van der Waals surface area contributed by atoms with Crippen LogP contribution in [0, 0.1) is 33.1 Å². The maximum absolute atomic E-state index is 5.62. The molecular weight excluding hydrogens is 500 g/mol. The summed E-state index contributed by atoms with van der Waals surface area (Å²) in [6.45, 7) is 6.50. The molecule has 0 saturated heterocycles. The van der Waals surface area contributed by atoms with Gasteiger partial charge >= 0.3 is 0 Å². The molecule has 2 aliphatic rings. The largest absolute Gasteiger partial charge is 0.355 e. The SMILES string of the molecule is C#Cc1ccc(-c2c3nc(cc4ccc([nH]4)c(-c4c(C)cc(C)cc4C)c4nc(cc5ccc2[nH]5)C=C4)C=C3)cc1. The molecule has 0 amide bonds. The Kier molecular flexibility index (Phi) is 5.80. The first-order valence-corrected chi connectivity index (χ1v) is 13.7. The number of aryl methyl sites for hydroxylation is 3. The van der Waals surface area contributed by atoms with E-state index in [-0.39, 0.29) is 0 Å². The van der Waals surface area contributed by atoms with Crippen molar-refractivity contribution in [3.05, 3.63) is 118 Å². The highest BCUT2D eigenvalue weighted by Gasteiger charge is 2.16. The second kappa shape index (κ2) is 9.66. The lowest BCUT2D eigenvalue weighted by Crippen LogP contribution is -1.93. The summed E-state index contributed by atoms with van der Waals surface area (Å²) < 4.78 is 0. The fourth-order valence-electron chi connectivity index (χ4n) is 5.95. The third-order valence-electron chi connectivity index (χ3n) is 7.67. The van der Waals surface area contributed by atoms with Gasteiger partial charge in [-0.2, -0.15) is 0 Å². The molecule has 5 heterocycles. The molecular formula is C37H28N4. The van der Waals surface area contributed by atoms with Gasteiger partial charge < -0.3 is 9.97 Å². The normalized spacial score (nSPS) is 12.0. The Hall–Kier alpha value is -5.40. The van der Waals surface area contributed by atoms with E-state index in [4.69, 9.17) is 16.4 Å². The molecule has 0 saturated carbocycles. The third-order valence-corrected chi connectivity index (χ3v) is 7.67. The van der Waals surface area contributed by atoms with E-state index in [1.54, 1.807) is 0 Å². The van der Waals surface area contributed by atoms with Crippen LogP contribution in [0.3, 0.4) is 0 Å². The van der Waals surface area contributed by atoms with Crippen molar-refractivity contribution in [2.24, 2.45) is 0 Å². The number of benzene rings is 2. The van der Waals surface area contributed by atoms with E-state index < -0.39 is 0 Å². The lowest BCUT2D eigenvalue weighted by atomic mass is 9.92. The standard InChI is InChI=1S/C37H28N4/c1-5-25-6-8-26(9-7-25)36-31-14-10-27(38-31)20-29-12-16-33(40-29)37(35-23(3)18-22(2)19-24(35)4)34-17-13-30(41-34)21-28-11-15-32(36)39-28/h1,6-21,38,41H,2-4H3. The summed E-state index contributed by atoms with van der Waals surface area (Å²) in [6, 6.07) is 25.1. The summed E-state index contributed by atoms with van der Waals surface area (Å²) in [6.07, 6.45) is 13.9. The molecule has 0 aliphatic carbocycles. The zero-order valence-corrected chi connectivity index (χ0v) is 23.2. The first kappa shape index (κ1) is 24.6. The van der Waals surface area contributed by atoms with Crippen LogP contribution >= 0.6 is 0 Å². The van der Waals surface area contributed by atoms with E-state index in [1.807, 2.05) is 12.1 Å². The number of rotatable bonds is 2. The van der Waals surface area contributed by atoms with Gasteiger partial charge in [-0.05, 0) is 116 Å². The van der Waals surface area contributed by atoms with E-state index in [0.29, 0.717) is 0 Å².